The van der Waals surface area contributed by atoms with Crippen LogP contribution in [0, 0.1) is 5.92 Å². The second kappa shape index (κ2) is 12.1. The van der Waals surface area contributed by atoms with E-state index in [0.29, 0.717) is 24.4 Å². The van der Waals surface area contributed by atoms with Crippen molar-refractivity contribution in [3.05, 3.63) is 66.2 Å². The molecule has 0 aliphatic carbocycles. The molecule has 29 heavy (non-hydrogen) atoms. The summed E-state index contributed by atoms with van der Waals surface area (Å²) in [5, 5.41) is 9.28. The van der Waals surface area contributed by atoms with Gasteiger partial charge in [0, 0.05) is 5.92 Å². The summed E-state index contributed by atoms with van der Waals surface area (Å²) in [4.78, 5) is 15.2. The summed E-state index contributed by atoms with van der Waals surface area (Å²) in [6.45, 7) is 5.23. The van der Waals surface area contributed by atoms with Gasteiger partial charge in [-0.3, -0.25) is 4.79 Å². The molecule has 0 saturated carbocycles. The molecule has 0 heterocycles. The van der Waals surface area contributed by atoms with Crippen molar-refractivity contribution in [2.75, 3.05) is 33.0 Å². The highest BCUT2D eigenvalue weighted by molar-refractivity contribution is 5.95. The Morgan fingerprint density at radius 1 is 1.14 bits per heavy atom. The molecule has 1 N–H and O–H groups in total. The number of hydrogen-bond donors (Lipinski definition) is 1. The Morgan fingerprint density at radius 2 is 1.90 bits per heavy atom. The van der Waals surface area contributed by atoms with Crippen molar-refractivity contribution in [3.63, 3.8) is 0 Å². The lowest BCUT2D eigenvalue weighted by atomic mass is 10.0. The number of hydrogen-bond acceptors (Lipinski definition) is 5. The van der Waals surface area contributed by atoms with E-state index in [1.165, 1.54) is 0 Å². The van der Waals surface area contributed by atoms with Crippen LogP contribution < -0.4 is 4.74 Å². The highest BCUT2D eigenvalue weighted by Crippen LogP contribution is 2.27. The van der Waals surface area contributed by atoms with Crippen molar-refractivity contribution < 1.29 is 28.8 Å². The van der Waals surface area contributed by atoms with Crippen molar-refractivity contribution in [1.82, 2.24) is 0 Å². The normalized spacial score (nSPS) is 11.8. The number of aliphatic hydroxyl groups excluding tert-OH is 1. The number of rotatable bonds is 13. The van der Waals surface area contributed by atoms with Gasteiger partial charge in [-0.25, -0.2) is 0 Å². The fourth-order valence-electron chi connectivity index (χ4n) is 2.65. The zero-order chi connectivity index (χ0) is 21.1. The van der Waals surface area contributed by atoms with Crippen molar-refractivity contribution in [3.8, 4) is 16.9 Å². The third-order valence-electron chi connectivity index (χ3n) is 4.42. The number of carbonyl (C=O) groups excluding carboxylic acids is 1. The fraction of sp³-hybridized carbons (Fsp3) is 0.348. The number of carbonyl (C=O) groups is 1. The molecule has 0 bridgehead atoms. The summed E-state index contributed by atoms with van der Waals surface area (Å²) in [7, 11) is 0. The van der Waals surface area contributed by atoms with E-state index in [0.717, 1.165) is 16.7 Å². The molecule has 1 unspecified atom stereocenters. The zero-order valence-corrected chi connectivity index (χ0v) is 16.6. The Kier molecular flexibility index (Phi) is 9.50. The van der Waals surface area contributed by atoms with Gasteiger partial charge in [-0.05, 0) is 52.3 Å². The van der Waals surface area contributed by atoms with Crippen molar-refractivity contribution >= 4 is 5.78 Å². The predicted octanol–water partition coefficient (Wildman–Crippen LogP) is 3.95. The molecule has 2 rings (SSSR count). The minimum atomic E-state index is -0.467. The minimum absolute atomic E-state index is 0.00960. The summed E-state index contributed by atoms with van der Waals surface area (Å²) in [6, 6.07) is 15.7. The molecular formula is C23H27FO5. The first kappa shape index (κ1) is 22.7. The maximum Gasteiger partial charge on any atom is 0.183 e. The summed E-state index contributed by atoms with van der Waals surface area (Å²) in [5.41, 5.74) is 3.45. The lowest BCUT2D eigenvalue weighted by Gasteiger charge is -2.17. The van der Waals surface area contributed by atoms with Gasteiger partial charge >= 0.3 is 0 Å². The second-order valence-corrected chi connectivity index (χ2v) is 6.83. The van der Waals surface area contributed by atoms with Crippen LogP contribution in [0.3, 0.4) is 0 Å². The molecule has 0 amide bonds. The molecule has 1 atom stereocenters. The van der Waals surface area contributed by atoms with Gasteiger partial charge in [0.2, 0.25) is 0 Å². The Balaban J connectivity index is 2.11. The van der Waals surface area contributed by atoms with Gasteiger partial charge in [0.05, 0.1) is 26.4 Å². The van der Waals surface area contributed by atoms with Crippen LogP contribution in [0.15, 0.2) is 60.7 Å². The quantitative estimate of drug-likeness (QED) is 0.406. The van der Waals surface area contributed by atoms with E-state index in [1.54, 1.807) is 6.92 Å². The number of ether oxygens (including phenoxy) is 2. The van der Waals surface area contributed by atoms with Gasteiger partial charge < -0.3 is 14.6 Å². The smallest absolute Gasteiger partial charge is 0.183 e. The van der Waals surface area contributed by atoms with Crippen LogP contribution in [0.5, 0.6) is 5.75 Å². The molecule has 0 aliphatic heterocycles. The van der Waals surface area contributed by atoms with Gasteiger partial charge in [0.1, 0.15) is 12.4 Å². The van der Waals surface area contributed by atoms with Crippen LogP contribution in [-0.4, -0.2) is 43.9 Å². The largest absolute Gasteiger partial charge is 0.493 e. The third-order valence-corrected chi connectivity index (χ3v) is 4.42. The molecule has 0 radical (unpaired) electrons. The first-order chi connectivity index (χ1) is 14.0. The summed E-state index contributed by atoms with van der Waals surface area (Å²) >= 11 is 0. The standard InChI is InChI=1S/C23H27FO5/c1-17(2)22(26)16-27-11-10-21-12-20(19-6-4-3-5-7-19)8-9-23(21)28-14-18(13-25)15-29-24/h3-9,12,18,25H,1,10-11,13-16H2,2H3. The van der Waals surface area contributed by atoms with Crippen molar-refractivity contribution in [2.45, 2.75) is 13.3 Å². The summed E-state index contributed by atoms with van der Waals surface area (Å²) < 4.78 is 23.4. The fourth-order valence-corrected chi connectivity index (χ4v) is 2.65. The Hall–Kier alpha value is -2.54. The van der Waals surface area contributed by atoms with E-state index in [-0.39, 0.29) is 32.2 Å². The van der Waals surface area contributed by atoms with Crippen LogP contribution in [0.2, 0.25) is 0 Å². The van der Waals surface area contributed by atoms with Gasteiger partial charge in [-0.2, -0.15) is 4.94 Å². The van der Waals surface area contributed by atoms with Gasteiger partial charge in [0.15, 0.2) is 5.78 Å². The Labute approximate surface area is 170 Å². The van der Waals surface area contributed by atoms with E-state index >= 15 is 0 Å². The van der Waals surface area contributed by atoms with Crippen LogP contribution >= 0.6 is 0 Å². The molecule has 2 aromatic carbocycles. The summed E-state index contributed by atoms with van der Waals surface area (Å²) in [6.07, 6.45) is 0.531. The average Bonchev–Trinajstić information content (AvgIpc) is 2.74. The van der Waals surface area contributed by atoms with Gasteiger partial charge in [-0.1, -0.05) is 43.0 Å². The van der Waals surface area contributed by atoms with Crippen LogP contribution in [0.4, 0.5) is 4.53 Å². The zero-order valence-electron chi connectivity index (χ0n) is 16.6. The Morgan fingerprint density at radius 3 is 2.55 bits per heavy atom. The SMILES string of the molecule is C=C(C)C(=O)COCCc1cc(-c2ccccc2)ccc1OCC(CO)COF. The van der Waals surface area contributed by atoms with Gasteiger partial charge in [-0.15, -0.1) is 0 Å². The van der Waals surface area contributed by atoms with E-state index in [4.69, 9.17) is 9.47 Å². The molecule has 0 saturated heterocycles. The first-order valence-electron chi connectivity index (χ1n) is 9.47. The van der Waals surface area contributed by atoms with Crippen molar-refractivity contribution in [2.24, 2.45) is 5.92 Å². The molecule has 0 aliphatic rings. The molecule has 5 nitrogen and oxygen atoms in total. The van der Waals surface area contributed by atoms with Crippen molar-refractivity contribution in [1.29, 1.82) is 0 Å². The molecular weight excluding hydrogens is 375 g/mol. The molecule has 156 valence electrons. The van der Waals surface area contributed by atoms with Crippen LogP contribution in [0.1, 0.15) is 12.5 Å². The predicted molar refractivity (Wildman–Crippen MR) is 109 cm³/mol. The molecule has 2 aromatic rings. The average molecular weight is 402 g/mol. The molecule has 6 heteroatoms. The van der Waals surface area contributed by atoms with E-state index in [9.17, 15) is 14.4 Å². The highest BCUT2D eigenvalue weighted by Gasteiger charge is 2.13. The van der Waals surface area contributed by atoms with E-state index < -0.39 is 5.92 Å². The Bertz CT molecular complexity index is 791. The van der Waals surface area contributed by atoms with Gasteiger partial charge in [0.25, 0.3) is 0 Å². The lowest BCUT2D eigenvalue weighted by Crippen LogP contribution is -2.21. The number of benzene rings is 2. The third kappa shape index (κ3) is 7.42. The summed E-state index contributed by atoms with van der Waals surface area (Å²) in [5.74, 6) is 0.0272. The molecule has 0 aromatic heterocycles. The topological polar surface area (TPSA) is 65.0 Å². The lowest BCUT2D eigenvalue weighted by molar-refractivity contribution is -0.151. The molecule has 0 fully saturated rings. The van der Waals surface area contributed by atoms with E-state index in [2.05, 4.69) is 11.5 Å². The highest BCUT2D eigenvalue weighted by atomic mass is 19.3. The number of ketones is 1. The minimum Gasteiger partial charge on any atom is -0.493 e. The maximum absolute atomic E-state index is 12.1. The number of Topliss-reactive ketones (excluding diaryl/α,β-unsaturated/α-hetero) is 1. The van der Waals surface area contributed by atoms with Crippen LogP contribution in [-0.2, 0) is 20.9 Å². The monoisotopic (exact) mass is 402 g/mol. The molecule has 0 spiro atoms. The van der Waals surface area contributed by atoms with E-state index in [1.807, 2.05) is 48.5 Å². The second-order valence-electron chi connectivity index (χ2n) is 6.83. The first-order valence-corrected chi connectivity index (χ1v) is 9.47. The maximum atomic E-state index is 12.1. The van der Waals surface area contributed by atoms with Crippen LogP contribution in [0.25, 0.3) is 11.1 Å². The number of aliphatic hydroxyl groups is 1. The number of halogens is 1.